The van der Waals surface area contributed by atoms with E-state index < -0.39 is 4.92 Å². The smallest absolute Gasteiger partial charge is 0.292 e. The van der Waals surface area contributed by atoms with Gasteiger partial charge in [-0.2, -0.15) is 0 Å². The van der Waals surface area contributed by atoms with Gasteiger partial charge in [0.25, 0.3) is 5.69 Å². The van der Waals surface area contributed by atoms with Crippen LogP contribution in [0.3, 0.4) is 0 Å². The summed E-state index contributed by atoms with van der Waals surface area (Å²) in [6, 6.07) is 5.45. The molecular weight excluding hydrogens is 270 g/mol. The van der Waals surface area contributed by atoms with E-state index in [1.54, 1.807) is 13.2 Å². The van der Waals surface area contributed by atoms with Crippen LogP contribution in [0.4, 0.5) is 11.4 Å². The molecule has 6 heteroatoms. The fourth-order valence-corrected chi connectivity index (χ4v) is 2.63. The highest BCUT2D eigenvalue weighted by Crippen LogP contribution is 2.36. The van der Waals surface area contributed by atoms with Gasteiger partial charge in [-0.3, -0.25) is 15.0 Å². The number of nitro benzene ring substituents is 1. The third-order valence-corrected chi connectivity index (χ3v) is 4.21. The van der Waals surface area contributed by atoms with Gasteiger partial charge in [-0.05, 0) is 31.2 Å². The number of anilines is 1. The predicted octanol–water partition coefficient (Wildman–Crippen LogP) is 2.42. The van der Waals surface area contributed by atoms with Gasteiger partial charge >= 0.3 is 0 Å². The molecule has 1 aliphatic carbocycles. The van der Waals surface area contributed by atoms with E-state index in [0.717, 1.165) is 18.0 Å². The van der Waals surface area contributed by atoms with E-state index in [2.05, 4.69) is 11.8 Å². The Hall–Kier alpha value is -1.66. The van der Waals surface area contributed by atoms with Crippen LogP contribution in [0.2, 0.25) is 0 Å². The minimum Gasteiger partial charge on any atom is -0.393 e. The number of hydrogen-bond acceptors (Lipinski definition) is 5. The number of methoxy groups -OCH3 is 1. The molecule has 0 heterocycles. The van der Waals surface area contributed by atoms with Crippen molar-refractivity contribution in [3.05, 3.63) is 33.9 Å². The van der Waals surface area contributed by atoms with Crippen LogP contribution in [0.15, 0.2) is 18.2 Å². The van der Waals surface area contributed by atoms with Crippen LogP contribution in [-0.2, 0) is 11.3 Å². The molecule has 1 aliphatic rings. The number of ether oxygens (including phenoxy) is 1. The van der Waals surface area contributed by atoms with Gasteiger partial charge in [0, 0.05) is 32.3 Å². The molecule has 116 valence electrons. The zero-order valence-corrected chi connectivity index (χ0v) is 12.6. The first-order valence-electron chi connectivity index (χ1n) is 7.29. The van der Waals surface area contributed by atoms with E-state index >= 15 is 0 Å². The van der Waals surface area contributed by atoms with Gasteiger partial charge in [-0.15, -0.1) is 0 Å². The maximum atomic E-state index is 11.0. The quantitative estimate of drug-likeness (QED) is 0.452. The van der Waals surface area contributed by atoms with Gasteiger partial charge in [0.1, 0.15) is 5.69 Å². The van der Waals surface area contributed by atoms with Gasteiger partial charge < -0.3 is 10.5 Å². The van der Waals surface area contributed by atoms with Gasteiger partial charge in [0.05, 0.1) is 11.5 Å². The summed E-state index contributed by atoms with van der Waals surface area (Å²) in [5, 5.41) is 11.0. The van der Waals surface area contributed by atoms with E-state index in [1.807, 2.05) is 6.07 Å². The van der Waals surface area contributed by atoms with Crippen molar-refractivity contribution in [3.8, 4) is 0 Å². The molecule has 6 nitrogen and oxygen atoms in total. The lowest BCUT2D eigenvalue weighted by molar-refractivity contribution is -0.384. The Morgan fingerprint density at radius 2 is 2.24 bits per heavy atom. The number of nitrogens with zero attached hydrogens (tertiary/aromatic N) is 2. The third kappa shape index (κ3) is 3.92. The summed E-state index contributed by atoms with van der Waals surface area (Å²) in [4.78, 5) is 12.9. The van der Waals surface area contributed by atoms with Crippen LogP contribution in [0.5, 0.6) is 0 Å². The van der Waals surface area contributed by atoms with Crippen molar-refractivity contribution in [2.24, 2.45) is 5.92 Å². The van der Waals surface area contributed by atoms with Crippen molar-refractivity contribution in [2.75, 3.05) is 26.0 Å². The summed E-state index contributed by atoms with van der Waals surface area (Å²) in [6.07, 6.45) is 2.52. The Morgan fingerprint density at radius 1 is 1.52 bits per heavy atom. The minimum absolute atomic E-state index is 0.0155. The fourth-order valence-electron chi connectivity index (χ4n) is 2.63. The molecule has 2 N–H and O–H groups in total. The molecule has 1 aromatic carbocycles. The Bertz CT molecular complexity index is 503. The SMILES string of the molecule is COCCN(Cc1cccc([N+](=O)[O-])c1N)C(C)C1CC1. The second-order valence-electron chi connectivity index (χ2n) is 5.65. The van der Waals surface area contributed by atoms with Gasteiger partial charge in [-0.1, -0.05) is 12.1 Å². The molecule has 1 fully saturated rings. The van der Waals surface area contributed by atoms with Crippen LogP contribution >= 0.6 is 0 Å². The van der Waals surface area contributed by atoms with E-state index in [9.17, 15) is 10.1 Å². The van der Waals surface area contributed by atoms with Crippen molar-refractivity contribution in [2.45, 2.75) is 32.4 Å². The number of benzene rings is 1. The zero-order valence-electron chi connectivity index (χ0n) is 12.6. The number of hydrogen-bond donors (Lipinski definition) is 1. The number of nitro groups is 1. The molecule has 0 spiro atoms. The van der Waals surface area contributed by atoms with Crippen LogP contribution in [0.1, 0.15) is 25.3 Å². The molecule has 2 rings (SSSR count). The Kier molecular flexibility index (Phi) is 5.14. The molecule has 1 unspecified atom stereocenters. The summed E-state index contributed by atoms with van der Waals surface area (Å²) in [6.45, 7) is 4.28. The highest BCUT2D eigenvalue weighted by Gasteiger charge is 2.32. The molecule has 21 heavy (non-hydrogen) atoms. The lowest BCUT2D eigenvalue weighted by Crippen LogP contribution is -2.36. The van der Waals surface area contributed by atoms with Gasteiger partial charge in [-0.25, -0.2) is 0 Å². The fraction of sp³-hybridized carbons (Fsp3) is 0.600. The topological polar surface area (TPSA) is 81.6 Å². The van der Waals surface area contributed by atoms with E-state index in [0.29, 0.717) is 19.2 Å². The summed E-state index contributed by atoms with van der Waals surface area (Å²) in [5.41, 5.74) is 7.02. The van der Waals surface area contributed by atoms with Gasteiger partial charge in [0.2, 0.25) is 0 Å². The van der Waals surface area contributed by atoms with Crippen LogP contribution in [0, 0.1) is 16.0 Å². The van der Waals surface area contributed by atoms with Crippen molar-refractivity contribution in [1.29, 1.82) is 0 Å². The first-order valence-corrected chi connectivity index (χ1v) is 7.29. The maximum Gasteiger partial charge on any atom is 0.292 e. The second kappa shape index (κ2) is 6.87. The van der Waals surface area contributed by atoms with E-state index in [-0.39, 0.29) is 11.4 Å². The number of para-hydroxylation sites is 1. The third-order valence-electron chi connectivity index (χ3n) is 4.21. The van der Waals surface area contributed by atoms with E-state index in [4.69, 9.17) is 10.5 Å². The molecule has 0 aliphatic heterocycles. The number of nitrogens with two attached hydrogens (primary N) is 1. The summed E-state index contributed by atoms with van der Waals surface area (Å²) >= 11 is 0. The standard InChI is InChI=1S/C15H23N3O3/c1-11(12-6-7-12)17(8-9-21-2)10-13-4-3-5-14(15(13)16)18(19)20/h3-5,11-12H,6-10,16H2,1-2H3. The second-order valence-corrected chi connectivity index (χ2v) is 5.65. The van der Waals surface area contributed by atoms with E-state index in [1.165, 1.54) is 18.9 Å². The highest BCUT2D eigenvalue weighted by atomic mass is 16.6. The van der Waals surface area contributed by atoms with Gasteiger partial charge in [0.15, 0.2) is 0 Å². The Morgan fingerprint density at radius 3 is 2.81 bits per heavy atom. The van der Waals surface area contributed by atoms with Crippen LogP contribution in [-0.4, -0.2) is 36.1 Å². The van der Waals surface area contributed by atoms with Crippen molar-refractivity contribution < 1.29 is 9.66 Å². The van der Waals surface area contributed by atoms with Crippen LogP contribution < -0.4 is 5.73 Å². The largest absolute Gasteiger partial charge is 0.393 e. The van der Waals surface area contributed by atoms with Crippen molar-refractivity contribution in [3.63, 3.8) is 0 Å². The zero-order chi connectivity index (χ0) is 15.4. The number of nitrogen functional groups attached to an aromatic ring is 1. The highest BCUT2D eigenvalue weighted by molar-refractivity contribution is 5.62. The van der Waals surface area contributed by atoms with Crippen molar-refractivity contribution in [1.82, 2.24) is 4.90 Å². The first-order chi connectivity index (χ1) is 10.0. The minimum atomic E-state index is -0.428. The monoisotopic (exact) mass is 293 g/mol. The molecule has 1 saturated carbocycles. The Labute approximate surface area is 125 Å². The molecule has 1 atom stereocenters. The average molecular weight is 293 g/mol. The number of rotatable bonds is 8. The van der Waals surface area contributed by atoms with Crippen molar-refractivity contribution >= 4 is 11.4 Å². The molecule has 0 radical (unpaired) electrons. The molecule has 0 saturated heterocycles. The lowest BCUT2D eigenvalue weighted by atomic mass is 10.1. The molecule has 0 amide bonds. The molecular formula is C15H23N3O3. The first kappa shape index (κ1) is 15.7. The van der Waals surface area contributed by atoms with Crippen LogP contribution in [0.25, 0.3) is 0 Å². The maximum absolute atomic E-state index is 11.0. The lowest BCUT2D eigenvalue weighted by Gasteiger charge is -2.29. The summed E-state index contributed by atoms with van der Waals surface area (Å²) < 4.78 is 5.17. The molecule has 0 bridgehead atoms. The summed E-state index contributed by atoms with van der Waals surface area (Å²) in [7, 11) is 1.68. The summed E-state index contributed by atoms with van der Waals surface area (Å²) in [5.74, 6) is 0.724. The Balaban J connectivity index is 2.15. The average Bonchev–Trinajstić information content (AvgIpc) is 3.28. The molecule has 1 aromatic rings. The molecule has 0 aromatic heterocycles. The normalized spacial score (nSPS) is 16.1. The predicted molar refractivity (Wildman–Crippen MR) is 82.0 cm³/mol.